The van der Waals surface area contributed by atoms with Gasteiger partial charge in [0, 0.05) is 27.3 Å². The van der Waals surface area contributed by atoms with Gasteiger partial charge in [-0.25, -0.2) is 0 Å². The van der Waals surface area contributed by atoms with E-state index >= 15 is 0 Å². The van der Waals surface area contributed by atoms with Crippen LogP contribution in [0.1, 0.15) is 35.2 Å². The molecule has 0 spiro atoms. The van der Waals surface area contributed by atoms with Crippen LogP contribution in [0.15, 0.2) is 41.0 Å². The van der Waals surface area contributed by atoms with Crippen molar-refractivity contribution in [1.82, 2.24) is 10.4 Å². The number of aromatic nitrogens is 1. The van der Waals surface area contributed by atoms with Gasteiger partial charge in [-0.3, -0.25) is 16.3 Å². The van der Waals surface area contributed by atoms with Crippen molar-refractivity contribution in [2.24, 2.45) is 5.84 Å². The number of nitrogens with one attached hydrogen (secondary N) is 1. The van der Waals surface area contributed by atoms with Crippen molar-refractivity contribution in [2.45, 2.75) is 24.8 Å². The Hall–Kier alpha value is -0.940. The molecule has 3 rings (SSSR count). The maximum atomic E-state index is 6.12. The van der Waals surface area contributed by atoms with E-state index in [9.17, 15) is 0 Å². The minimum absolute atomic E-state index is 0.000718. The Balaban J connectivity index is 2.01. The maximum absolute atomic E-state index is 6.12. The standard InChI is InChI=1S/C15H15BrClN3/c16-13-6-4-10(17)8-12(13)15(20-18)11-5-3-9-2-1-7-19-14(9)11/h1-2,4,6-8,11,15,20H,3,5,18H2. The monoisotopic (exact) mass is 351 g/mol. The molecule has 1 aliphatic rings. The summed E-state index contributed by atoms with van der Waals surface area (Å²) in [4.78, 5) is 4.54. The lowest BCUT2D eigenvalue weighted by Crippen LogP contribution is -2.32. The molecular formula is C15H15BrClN3. The molecule has 1 aromatic carbocycles. The lowest BCUT2D eigenvalue weighted by molar-refractivity contribution is 0.445. The number of rotatable bonds is 3. The molecule has 1 heterocycles. The smallest absolute Gasteiger partial charge is 0.0555 e. The van der Waals surface area contributed by atoms with Crippen LogP contribution in [0.4, 0.5) is 0 Å². The molecule has 0 saturated carbocycles. The summed E-state index contributed by atoms with van der Waals surface area (Å²) < 4.78 is 1.01. The van der Waals surface area contributed by atoms with E-state index in [4.69, 9.17) is 17.4 Å². The Morgan fingerprint density at radius 1 is 1.40 bits per heavy atom. The van der Waals surface area contributed by atoms with E-state index in [1.807, 2.05) is 30.5 Å². The third-order valence-corrected chi connectivity index (χ3v) is 4.83. The van der Waals surface area contributed by atoms with Crippen LogP contribution < -0.4 is 11.3 Å². The summed E-state index contributed by atoms with van der Waals surface area (Å²) in [5.41, 5.74) is 6.47. The second-order valence-electron chi connectivity index (χ2n) is 5.00. The molecule has 0 bridgehead atoms. The molecule has 20 heavy (non-hydrogen) atoms. The third kappa shape index (κ3) is 2.49. The lowest BCUT2D eigenvalue weighted by atomic mass is 9.91. The van der Waals surface area contributed by atoms with Crippen LogP contribution in [-0.4, -0.2) is 4.98 Å². The van der Waals surface area contributed by atoms with Gasteiger partial charge in [-0.2, -0.15) is 0 Å². The fraction of sp³-hybridized carbons (Fsp3) is 0.267. The van der Waals surface area contributed by atoms with Crippen molar-refractivity contribution in [3.63, 3.8) is 0 Å². The van der Waals surface area contributed by atoms with Crippen molar-refractivity contribution in [1.29, 1.82) is 0 Å². The van der Waals surface area contributed by atoms with E-state index in [2.05, 4.69) is 32.4 Å². The molecule has 1 aromatic heterocycles. The van der Waals surface area contributed by atoms with Gasteiger partial charge in [0.05, 0.1) is 6.04 Å². The van der Waals surface area contributed by atoms with Crippen molar-refractivity contribution < 1.29 is 0 Å². The first kappa shape index (κ1) is 14.0. The van der Waals surface area contributed by atoms with E-state index in [0.717, 1.165) is 28.6 Å². The fourth-order valence-corrected chi connectivity index (χ4v) is 3.62. The number of fused-ring (bicyclic) bond motifs is 1. The van der Waals surface area contributed by atoms with Gasteiger partial charge in [-0.1, -0.05) is 33.6 Å². The second-order valence-corrected chi connectivity index (χ2v) is 6.29. The minimum atomic E-state index is -0.000718. The Labute approximate surface area is 131 Å². The van der Waals surface area contributed by atoms with Crippen LogP contribution in [0.5, 0.6) is 0 Å². The number of pyridine rings is 1. The fourth-order valence-electron chi connectivity index (χ4n) is 2.94. The highest BCUT2D eigenvalue weighted by Gasteiger charge is 2.32. The molecular weight excluding hydrogens is 338 g/mol. The molecule has 0 amide bonds. The van der Waals surface area contributed by atoms with Crippen LogP contribution in [0.25, 0.3) is 0 Å². The summed E-state index contributed by atoms with van der Waals surface area (Å²) in [6.45, 7) is 0. The summed E-state index contributed by atoms with van der Waals surface area (Å²) in [5, 5.41) is 0.711. The molecule has 104 valence electrons. The van der Waals surface area contributed by atoms with Gasteiger partial charge in [0.15, 0.2) is 0 Å². The van der Waals surface area contributed by atoms with Gasteiger partial charge < -0.3 is 0 Å². The van der Waals surface area contributed by atoms with Gasteiger partial charge in [-0.05, 0) is 48.2 Å². The predicted octanol–water partition coefficient (Wildman–Crippen LogP) is 3.73. The number of halogens is 2. The van der Waals surface area contributed by atoms with Gasteiger partial charge in [0.1, 0.15) is 0 Å². The summed E-state index contributed by atoms with van der Waals surface area (Å²) in [5.74, 6) is 6.09. The summed E-state index contributed by atoms with van der Waals surface area (Å²) in [7, 11) is 0. The number of aryl methyl sites for hydroxylation is 1. The van der Waals surface area contributed by atoms with E-state index in [0.29, 0.717) is 5.02 Å². The summed E-state index contributed by atoms with van der Waals surface area (Å²) in [6, 6.07) is 9.90. The first-order valence-corrected chi connectivity index (χ1v) is 7.72. The van der Waals surface area contributed by atoms with E-state index in [-0.39, 0.29) is 12.0 Å². The Bertz CT molecular complexity index is 632. The molecule has 3 nitrogen and oxygen atoms in total. The molecule has 0 radical (unpaired) electrons. The van der Waals surface area contributed by atoms with E-state index < -0.39 is 0 Å². The molecule has 5 heteroatoms. The van der Waals surface area contributed by atoms with Gasteiger partial charge in [0.25, 0.3) is 0 Å². The van der Waals surface area contributed by atoms with Crippen molar-refractivity contribution in [2.75, 3.05) is 0 Å². The van der Waals surface area contributed by atoms with Crippen LogP contribution >= 0.6 is 27.5 Å². The minimum Gasteiger partial charge on any atom is -0.271 e. The zero-order valence-electron chi connectivity index (χ0n) is 10.8. The van der Waals surface area contributed by atoms with Gasteiger partial charge in [-0.15, -0.1) is 0 Å². The van der Waals surface area contributed by atoms with Gasteiger partial charge in [0.2, 0.25) is 0 Å². The predicted molar refractivity (Wildman–Crippen MR) is 84.5 cm³/mol. The maximum Gasteiger partial charge on any atom is 0.0555 e. The largest absolute Gasteiger partial charge is 0.271 e. The van der Waals surface area contributed by atoms with Crippen LogP contribution in [0.3, 0.4) is 0 Å². The third-order valence-electron chi connectivity index (χ3n) is 3.88. The molecule has 0 saturated heterocycles. The first-order valence-electron chi connectivity index (χ1n) is 6.55. The summed E-state index contributed by atoms with van der Waals surface area (Å²) in [6.07, 6.45) is 3.93. The average Bonchev–Trinajstić information content (AvgIpc) is 2.88. The highest BCUT2D eigenvalue weighted by molar-refractivity contribution is 9.10. The topological polar surface area (TPSA) is 50.9 Å². The normalized spacial score (nSPS) is 18.9. The quantitative estimate of drug-likeness (QED) is 0.653. The number of benzene rings is 1. The molecule has 2 aromatic rings. The molecule has 3 N–H and O–H groups in total. The molecule has 2 unspecified atom stereocenters. The Morgan fingerprint density at radius 3 is 3.05 bits per heavy atom. The number of hydrazine groups is 1. The first-order chi connectivity index (χ1) is 9.70. The van der Waals surface area contributed by atoms with E-state index in [1.165, 1.54) is 5.56 Å². The number of nitrogens with zero attached hydrogens (tertiary/aromatic N) is 1. The van der Waals surface area contributed by atoms with Gasteiger partial charge >= 0.3 is 0 Å². The van der Waals surface area contributed by atoms with Crippen molar-refractivity contribution in [3.8, 4) is 0 Å². The van der Waals surface area contributed by atoms with Crippen LogP contribution in [-0.2, 0) is 6.42 Å². The molecule has 1 aliphatic carbocycles. The number of hydrogen-bond donors (Lipinski definition) is 2. The highest BCUT2D eigenvalue weighted by Crippen LogP contribution is 2.42. The number of nitrogens with two attached hydrogens (primary N) is 1. The molecule has 0 fully saturated rings. The molecule has 0 aliphatic heterocycles. The van der Waals surface area contributed by atoms with Crippen molar-refractivity contribution in [3.05, 3.63) is 62.8 Å². The average molecular weight is 353 g/mol. The Morgan fingerprint density at radius 2 is 2.25 bits per heavy atom. The Kier molecular flexibility index (Phi) is 4.08. The number of hydrogen-bond acceptors (Lipinski definition) is 3. The highest BCUT2D eigenvalue weighted by atomic mass is 79.9. The van der Waals surface area contributed by atoms with Crippen molar-refractivity contribution >= 4 is 27.5 Å². The summed E-state index contributed by atoms with van der Waals surface area (Å²) >= 11 is 9.70. The molecule has 2 atom stereocenters. The van der Waals surface area contributed by atoms with Crippen LogP contribution in [0, 0.1) is 0 Å². The second kappa shape index (κ2) is 5.82. The van der Waals surface area contributed by atoms with E-state index in [1.54, 1.807) is 0 Å². The zero-order valence-corrected chi connectivity index (χ0v) is 13.2. The lowest BCUT2D eigenvalue weighted by Gasteiger charge is -2.24. The zero-order chi connectivity index (χ0) is 14.1. The van der Waals surface area contributed by atoms with Crippen LogP contribution in [0.2, 0.25) is 5.02 Å². The SMILES string of the molecule is NNC(c1cc(Cl)ccc1Br)C1CCc2cccnc21.